The van der Waals surface area contributed by atoms with E-state index in [1.54, 1.807) is 0 Å². The Morgan fingerprint density at radius 3 is 2.00 bits per heavy atom. The number of anilines is 1. The van der Waals surface area contributed by atoms with E-state index in [0.717, 1.165) is 5.69 Å². The SMILES string of the molecule is CNc1cccc(C(NC)c2ccc(C(C)C)cc2)c1. The van der Waals surface area contributed by atoms with E-state index < -0.39 is 0 Å². The van der Waals surface area contributed by atoms with Crippen LogP contribution in [0.5, 0.6) is 0 Å². The van der Waals surface area contributed by atoms with E-state index in [4.69, 9.17) is 0 Å². The Hall–Kier alpha value is -1.80. The van der Waals surface area contributed by atoms with Crippen molar-refractivity contribution in [3.8, 4) is 0 Å². The maximum Gasteiger partial charge on any atom is 0.0575 e. The summed E-state index contributed by atoms with van der Waals surface area (Å²) >= 11 is 0. The third-order valence-electron chi connectivity index (χ3n) is 3.73. The Bertz CT molecular complexity index is 544. The molecule has 0 saturated heterocycles. The summed E-state index contributed by atoms with van der Waals surface area (Å²) in [4.78, 5) is 0. The molecule has 0 amide bonds. The quantitative estimate of drug-likeness (QED) is 0.851. The fraction of sp³-hybridized carbons (Fsp3) is 0.333. The van der Waals surface area contributed by atoms with Gasteiger partial charge in [-0.3, -0.25) is 0 Å². The van der Waals surface area contributed by atoms with Crippen LogP contribution in [-0.2, 0) is 0 Å². The normalized spacial score (nSPS) is 12.4. The molecule has 2 heteroatoms. The molecule has 0 aliphatic rings. The zero-order valence-corrected chi connectivity index (χ0v) is 12.8. The van der Waals surface area contributed by atoms with Crippen LogP contribution >= 0.6 is 0 Å². The number of rotatable bonds is 5. The van der Waals surface area contributed by atoms with Crippen molar-refractivity contribution >= 4 is 5.69 Å². The van der Waals surface area contributed by atoms with Crippen molar-refractivity contribution in [1.29, 1.82) is 0 Å². The van der Waals surface area contributed by atoms with Gasteiger partial charge in [-0.1, -0.05) is 50.2 Å². The van der Waals surface area contributed by atoms with Crippen molar-refractivity contribution in [3.05, 3.63) is 65.2 Å². The lowest BCUT2D eigenvalue weighted by molar-refractivity contribution is 0.691. The first-order valence-corrected chi connectivity index (χ1v) is 7.20. The maximum absolute atomic E-state index is 3.41. The average Bonchev–Trinajstić information content (AvgIpc) is 2.49. The fourth-order valence-electron chi connectivity index (χ4n) is 2.47. The molecule has 0 fully saturated rings. The van der Waals surface area contributed by atoms with Gasteiger partial charge in [-0.2, -0.15) is 0 Å². The van der Waals surface area contributed by atoms with Crippen molar-refractivity contribution < 1.29 is 0 Å². The molecular weight excluding hydrogens is 244 g/mol. The van der Waals surface area contributed by atoms with Gasteiger partial charge in [0.25, 0.3) is 0 Å². The zero-order valence-electron chi connectivity index (χ0n) is 12.8. The van der Waals surface area contributed by atoms with Crippen LogP contribution < -0.4 is 10.6 Å². The van der Waals surface area contributed by atoms with Gasteiger partial charge < -0.3 is 10.6 Å². The molecule has 2 aromatic rings. The molecule has 106 valence electrons. The highest BCUT2D eigenvalue weighted by Gasteiger charge is 2.12. The van der Waals surface area contributed by atoms with E-state index in [1.807, 2.05) is 14.1 Å². The molecule has 0 bridgehead atoms. The molecule has 20 heavy (non-hydrogen) atoms. The number of benzene rings is 2. The van der Waals surface area contributed by atoms with Gasteiger partial charge in [0.2, 0.25) is 0 Å². The van der Waals surface area contributed by atoms with Gasteiger partial charge in [0.1, 0.15) is 0 Å². The van der Waals surface area contributed by atoms with Crippen LogP contribution in [0.1, 0.15) is 42.5 Å². The minimum Gasteiger partial charge on any atom is -0.388 e. The van der Waals surface area contributed by atoms with Crippen molar-refractivity contribution in [2.75, 3.05) is 19.4 Å². The van der Waals surface area contributed by atoms with Crippen LogP contribution in [0.2, 0.25) is 0 Å². The van der Waals surface area contributed by atoms with E-state index in [1.165, 1.54) is 16.7 Å². The molecule has 1 atom stereocenters. The van der Waals surface area contributed by atoms with E-state index in [0.29, 0.717) is 5.92 Å². The maximum atomic E-state index is 3.41. The van der Waals surface area contributed by atoms with Gasteiger partial charge in [0.15, 0.2) is 0 Å². The third-order valence-corrected chi connectivity index (χ3v) is 3.73. The standard InChI is InChI=1S/C18H24N2/c1-13(2)14-8-10-15(11-9-14)18(20-4)16-6-5-7-17(12-16)19-3/h5-13,18-20H,1-4H3. The molecule has 0 spiro atoms. The molecule has 2 aromatic carbocycles. The van der Waals surface area contributed by atoms with Crippen LogP contribution in [0.25, 0.3) is 0 Å². The largest absolute Gasteiger partial charge is 0.388 e. The highest BCUT2D eigenvalue weighted by molar-refractivity contribution is 5.47. The van der Waals surface area contributed by atoms with Crippen molar-refractivity contribution in [2.45, 2.75) is 25.8 Å². The van der Waals surface area contributed by atoms with Crippen molar-refractivity contribution in [1.82, 2.24) is 5.32 Å². The summed E-state index contributed by atoms with van der Waals surface area (Å²) in [6.07, 6.45) is 0. The third kappa shape index (κ3) is 3.20. The summed E-state index contributed by atoms with van der Waals surface area (Å²) in [6, 6.07) is 17.7. The minimum absolute atomic E-state index is 0.226. The lowest BCUT2D eigenvalue weighted by Crippen LogP contribution is -2.17. The van der Waals surface area contributed by atoms with Gasteiger partial charge in [-0.05, 0) is 41.8 Å². The molecule has 0 aliphatic heterocycles. The van der Waals surface area contributed by atoms with E-state index in [9.17, 15) is 0 Å². The lowest BCUT2D eigenvalue weighted by Gasteiger charge is -2.19. The lowest BCUT2D eigenvalue weighted by atomic mass is 9.95. The van der Waals surface area contributed by atoms with Gasteiger partial charge in [0.05, 0.1) is 6.04 Å². The summed E-state index contributed by atoms with van der Waals surface area (Å²) in [5.41, 5.74) is 5.09. The second kappa shape index (κ2) is 6.58. The first-order valence-electron chi connectivity index (χ1n) is 7.20. The summed E-state index contributed by atoms with van der Waals surface area (Å²) < 4.78 is 0. The van der Waals surface area contributed by atoms with E-state index in [-0.39, 0.29) is 6.04 Å². The Labute approximate surface area is 122 Å². The fourth-order valence-corrected chi connectivity index (χ4v) is 2.47. The van der Waals surface area contributed by atoms with Gasteiger partial charge in [-0.25, -0.2) is 0 Å². The molecule has 2 rings (SSSR count). The highest BCUT2D eigenvalue weighted by atomic mass is 14.9. The molecule has 0 aromatic heterocycles. The molecule has 1 unspecified atom stereocenters. The summed E-state index contributed by atoms with van der Waals surface area (Å²) in [5.74, 6) is 0.574. The molecule has 0 radical (unpaired) electrons. The summed E-state index contributed by atoms with van der Waals surface area (Å²) in [5, 5.41) is 6.60. The Balaban J connectivity index is 2.31. The predicted molar refractivity (Wildman–Crippen MR) is 87.4 cm³/mol. The van der Waals surface area contributed by atoms with E-state index >= 15 is 0 Å². The molecule has 0 heterocycles. The minimum atomic E-state index is 0.226. The van der Waals surface area contributed by atoms with Crippen molar-refractivity contribution in [3.63, 3.8) is 0 Å². The van der Waals surface area contributed by atoms with Gasteiger partial charge in [-0.15, -0.1) is 0 Å². The molecular formula is C18H24N2. The highest BCUT2D eigenvalue weighted by Crippen LogP contribution is 2.25. The van der Waals surface area contributed by atoms with Crippen molar-refractivity contribution in [2.24, 2.45) is 0 Å². The number of hydrogen-bond donors (Lipinski definition) is 2. The molecule has 0 saturated carbocycles. The topological polar surface area (TPSA) is 24.1 Å². The van der Waals surface area contributed by atoms with E-state index in [2.05, 4.69) is 73.0 Å². The number of hydrogen-bond acceptors (Lipinski definition) is 2. The molecule has 2 nitrogen and oxygen atoms in total. The second-order valence-electron chi connectivity index (χ2n) is 5.42. The van der Waals surface area contributed by atoms with Crippen LogP contribution in [-0.4, -0.2) is 14.1 Å². The molecule has 0 aliphatic carbocycles. The average molecular weight is 268 g/mol. The van der Waals surface area contributed by atoms with Crippen LogP contribution in [0, 0.1) is 0 Å². The van der Waals surface area contributed by atoms with Crippen LogP contribution in [0.3, 0.4) is 0 Å². The second-order valence-corrected chi connectivity index (χ2v) is 5.42. The zero-order chi connectivity index (χ0) is 14.5. The van der Waals surface area contributed by atoms with Crippen LogP contribution in [0.15, 0.2) is 48.5 Å². The van der Waals surface area contributed by atoms with Gasteiger partial charge in [0, 0.05) is 12.7 Å². The van der Waals surface area contributed by atoms with Crippen LogP contribution in [0.4, 0.5) is 5.69 Å². The predicted octanol–water partition coefficient (Wildman–Crippen LogP) is 4.16. The monoisotopic (exact) mass is 268 g/mol. The first-order chi connectivity index (χ1) is 9.65. The Morgan fingerprint density at radius 1 is 0.800 bits per heavy atom. The van der Waals surface area contributed by atoms with Gasteiger partial charge >= 0.3 is 0 Å². The molecule has 2 N–H and O–H groups in total. The smallest absolute Gasteiger partial charge is 0.0575 e. The first kappa shape index (κ1) is 14.6. The summed E-state index contributed by atoms with van der Waals surface area (Å²) in [7, 11) is 3.96. The Kier molecular flexibility index (Phi) is 4.80. The summed E-state index contributed by atoms with van der Waals surface area (Å²) in [6.45, 7) is 4.45. The number of nitrogens with one attached hydrogen (secondary N) is 2. The Morgan fingerprint density at radius 2 is 1.45 bits per heavy atom.